The molecule has 0 aromatic heterocycles. The lowest BCUT2D eigenvalue weighted by Crippen LogP contribution is -2.37. The van der Waals surface area contributed by atoms with Gasteiger partial charge in [0.15, 0.2) is 0 Å². The van der Waals surface area contributed by atoms with E-state index in [1.165, 1.54) is 23.9 Å². The van der Waals surface area contributed by atoms with Crippen molar-refractivity contribution in [1.82, 2.24) is 5.32 Å². The van der Waals surface area contributed by atoms with Crippen LogP contribution < -0.4 is 5.32 Å². The molecule has 0 spiro atoms. The molecule has 0 saturated heterocycles. The van der Waals surface area contributed by atoms with Crippen LogP contribution in [-0.4, -0.2) is 29.3 Å². The number of hydrogen-bond donors (Lipinski definition) is 2. The van der Waals surface area contributed by atoms with Gasteiger partial charge in [0.1, 0.15) is 5.82 Å². The first-order valence-corrected chi connectivity index (χ1v) is 8.67. The van der Waals surface area contributed by atoms with Crippen molar-refractivity contribution in [3.8, 4) is 0 Å². The van der Waals surface area contributed by atoms with Crippen LogP contribution in [0.4, 0.5) is 4.39 Å². The number of halogens is 1. The topological polar surface area (TPSA) is 66.4 Å². The SMILES string of the molecule is CC(C)CC(CNC(=O)C(C)CSc1ccc(F)cc1)C(=O)O. The second-order valence-electron chi connectivity index (χ2n) is 6.08. The van der Waals surface area contributed by atoms with Gasteiger partial charge in [0.25, 0.3) is 0 Å². The average Bonchev–Trinajstić information content (AvgIpc) is 2.49. The molecule has 0 saturated carbocycles. The van der Waals surface area contributed by atoms with Gasteiger partial charge in [-0.05, 0) is 36.6 Å². The third-order valence-corrected chi connectivity index (χ3v) is 4.66. The number of carboxylic acid groups (broad SMARTS) is 1. The molecule has 0 aliphatic heterocycles. The van der Waals surface area contributed by atoms with Crippen molar-refractivity contribution in [3.63, 3.8) is 0 Å². The second kappa shape index (κ2) is 9.55. The van der Waals surface area contributed by atoms with Crippen molar-refractivity contribution in [3.05, 3.63) is 30.1 Å². The van der Waals surface area contributed by atoms with Crippen LogP contribution in [0, 0.1) is 23.6 Å². The molecular formula is C17H24FNO3S. The number of carboxylic acids is 1. The predicted octanol–water partition coefficient (Wildman–Crippen LogP) is 3.42. The van der Waals surface area contributed by atoms with Crippen molar-refractivity contribution in [2.75, 3.05) is 12.3 Å². The molecular weight excluding hydrogens is 317 g/mol. The molecule has 0 aliphatic rings. The fourth-order valence-electron chi connectivity index (χ4n) is 2.07. The Hall–Kier alpha value is -1.56. The minimum Gasteiger partial charge on any atom is -0.481 e. The maximum atomic E-state index is 12.8. The van der Waals surface area contributed by atoms with Crippen LogP contribution in [-0.2, 0) is 9.59 Å². The van der Waals surface area contributed by atoms with E-state index in [2.05, 4.69) is 5.32 Å². The Balaban J connectivity index is 2.40. The van der Waals surface area contributed by atoms with Gasteiger partial charge >= 0.3 is 5.97 Å². The van der Waals surface area contributed by atoms with Gasteiger partial charge in [-0.3, -0.25) is 9.59 Å². The van der Waals surface area contributed by atoms with Gasteiger partial charge < -0.3 is 10.4 Å². The summed E-state index contributed by atoms with van der Waals surface area (Å²) in [5, 5.41) is 11.9. The second-order valence-corrected chi connectivity index (χ2v) is 7.17. The van der Waals surface area contributed by atoms with Crippen molar-refractivity contribution in [1.29, 1.82) is 0 Å². The number of hydrogen-bond acceptors (Lipinski definition) is 3. The van der Waals surface area contributed by atoms with Gasteiger partial charge in [-0.25, -0.2) is 4.39 Å². The molecule has 0 radical (unpaired) electrons. The van der Waals surface area contributed by atoms with Gasteiger partial charge in [0.2, 0.25) is 5.91 Å². The lowest BCUT2D eigenvalue weighted by molar-refractivity contribution is -0.142. The van der Waals surface area contributed by atoms with Crippen LogP contribution >= 0.6 is 11.8 Å². The largest absolute Gasteiger partial charge is 0.481 e. The summed E-state index contributed by atoms with van der Waals surface area (Å²) in [5.74, 6) is -1.32. The van der Waals surface area contributed by atoms with Crippen molar-refractivity contribution < 1.29 is 19.1 Å². The highest BCUT2D eigenvalue weighted by atomic mass is 32.2. The molecule has 1 aromatic rings. The van der Waals surface area contributed by atoms with Crippen LogP contribution in [0.25, 0.3) is 0 Å². The summed E-state index contributed by atoms with van der Waals surface area (Å²) in [5.41, 5.74) is 0. The lowest BCUT2D eigenvalue weighted by atomic mass is 9.97. The van der Waals surface area contributed by atoms with Crippen LogP contribution in [0.5, 0.6) is 0 Å². The average molecular weight is 341 g/mol. The van der Waals surface area contributed by atoms with Crippen LogP contribution in [0.15, 0.2) is 29.2 Å². The molecule has 2 unspecified atom stereocenters. The summed E-state index contributed by atoms with van der Waals surface area (Å²) in [6.07, 6.45) is 0.536. The Labute approximate surface area is 140 Å². The molecule has 2 atom stereocenters. The Bertz CT molecular complexity index is 519. The third kappa shape index (κ3) is 7.50. The molecule has 1 amide bonds. The zero-order valence-electron chi connectivity index (χ0n) is 13.7. The fourth-order valence-corrected chi connectivity index (χ4v) is 2.99. The minimum absolute atomic E-state index is 0.151. The maximum absolute atomic E-state index is 12.8. The van der Waals surface area contributed by atoms with Gasteiger partial charge in [-0.2, -0.15) is 0 Å². The van der Waals surface area contributed by atoms with E-state index in [0.29, 0.717) is 12.2 Å². The quantitative estimate of drug-likeness (QED) is 0.676. The number of carbonyl (C=O) groups is 2. The predicted molar refractivity (Wildman–Crippen MR) is 89.9 cm³/mol. The molecule has 1 rings (SSSR count). The zero-order chi connectivity index (χ0) is 17.4. The molecule has 1 aromatic carbocycles. The van der Waals surface area contributed by atoms with Gasteiger partial charge in [0.05, 0.1) is 5.92 Å². The molecule has 4 nitrogen and oxygen atoms in total. The smallest absolute Gasteiger partial charge is 0.308 e. The first-order chi connectivity index (χ1) is 10.8. The minimum atomic E-state index is -0.882. The van der Waals surface area contributed by atoms with Crippen molar-refractivity contribution in [2.24, 2.45) is 17.8 Å². The number of amides is 1. The van der Waals surface area contributed by atoms with E-state index < -0.39 is 11.9 Å². The summed E-state index contributed by atoms with van der Waals surface area (Å²) in [6.45, 7) is 5.86. The first kappa shape index (κ1) is 19.5. The van der Waals surface area contributed by atoms with Crippen molar-refractivity contribution in [2.45, 2.75) is 32.1 Å². The molecule has 23 heavy (non-hydrogen) atoms. The Morgan fingerprint density at radius 1 is 1.22 bits per heavy atom. The zero-order valence-corrected chi connectivity index (χ0v) is 14.5. The van der Waals surface area contributed by atoms with Gasteiger partial charge in [-0.1, -0.05) is 20.8 Å². The lowest BCUT2D eigenvalue weighted by Gasteiger charge is -2.17. The molecule has 128 valence electrons. The normalized spacial score (nSPS) is 13.6. The Kier molecular flexibility index (Phi) is 8.09. The Morgan fingerprint density at radius 2 is 1.83 bits per heavy atom. The van der Waals surface area contributed by atoms with Crippen LogP contribution in [0.1, 0.15) is 27.2 Å². The van der Waals surface area contributed by atoms with Crippen LogP contribution in [0.3, 0.4) is 0 Å². The van der Waals surface area contributed by atoms with E-state index in [0.717, 1.165) is 4.90 Å². The van der Waals surface area contributed by atoms with E-state index in [1.54, 1.807) is 19.1 Å². The van der Waals surface area contributed by atoms with Gasteiger partial charge in [-0.15, -0.1) is 11.8 Å². The van der Waals surface area contributed by atoms with E-state index in [4.69, 9.17) is 5.11 Å². The highest BCUT2D eigenvalue weighted by molar-refractivity contribution is 7.99. The summed E-state index contributed by atoms with van der Waals surface area (Å²) in [7, 11) is 0. The summed E-state index contributed by atoms with van der Waals surface area (Å²) in [6, 6.07) is 6.12. The molecule has 0 heterocycles. The summed E-state index contributed by atoms with van der Waals surface area (Å²) < 4.78 is 12.8. The van der Waals surface area contributed by atoms with E-state index in [9.17, 15) is 14.0 Å². The number of rotatable bonds is 9. The highest BCUT2D eigenvalue weighted by Gasteiger charge is 2.21. The molecule has 6 heteroatoms. The fraction of sp³-hybridized carbons (Fsp3) is 0.529. The summed E-state index contributed by atoms with van der Waals surface area (Å²) in [4.78, 5) is 24.1. The van der Waals surface area contributed by atoms with Gasteiger partial charge in [0, 0.05) is 23.1 Å². The number of benzene rings is 1. The third-order valence-electron chi connectivity index (χ3n) is 3.39. The van der Waals surface area contributed by atoms with Crippen LogP contribution in [0.2, 0.25) is 0 Å². The Morgan fingerprint density at radius 3 is 2.35 bits per heavy atom. The highest BCUT2D eigenvalue weighted by Crippen LogP contribution is 2.21. The number of aliphatic carboxylic acids is 1. The summed E-state index contributed by atoms with van der Waals surface area (Å²) >= 11 is 1.47. The van der Waals surface area contributed by atoms with E-state index in [-0.39, 0.29) is 30.1 Å². The van der Waals surface area contributed by atoms with E-state index >= 15 is 0 Å². The monoisotopic (exact) mass is 341 g/mol. The number of thioether (sulfide) groups is 1. The standard InChI is InChI=1S/C17H24FNO3S/c1-11(2)8-13(17(21)22)9-19-16(20)12(3)10-23-15-6-4-14(18)5-7-15/h4-7,11-13H,8-10H2,1-3H3,(H,19,20)(H,21,22). The maximum Gasteiger partial charge on any atom is 0.308 e. The van der Waals surface area contributed by atoms with E-state index in [1.807, 2.05) is 13.8 Å². The first-order valence-electron chi connectivity index (χ1n) is 7.68. The molecule has 2 N–H and O–H groups in total. The number of carbonyl (C=O) groups excluding carboxylic acids is 1. The van der Waals surface area contributed by atoms with Crippen molar-refractivity contribution >= 4 is 23.6 Å². The molecule has 0 fully saturated rings. The molecule has 0 aliphatic carbocycles. The number of nitrogens with one attached hydrogen (secondary N) is 1. The molecule has 0 bridgehead atoms.